The van der Waals surface area contributed by atoms with Crippen molar-refractivity contribution in [1.29, 1.82) is 0 Å². The zero-order chi connectivity index (χ0) is 14.0. The van der Waals surface area contributed by atoms with Gasteiger partial charge < -0.3 is 10.6 Å². The second-order valence-corrected chi connectivity index (χ2v) is 4.90. The van der Waals surface area contributed by atoms with E-state index in [1.165, 1.54) is 12.1 Å². The number of benzene rings is 1. The lowest BCUT2D eigenvalue weighted by Gasteiger charge is -2.17. The van der Waals surface area contributed by atoms with Gasteiger partial charge in [-0.1, -0.05) is 6.07 Å². The van der Waals surface area contributed by atoms with E-state index in [9.17, 15) is 14.9 Å². The van der Waals surface area contributed by atoms with Crippen molar-refractivity contribution in [2.75, 3.05) is 19.6 Å². The summed E-state index contributed by atoms with van der Waals surface area (Å²) in [5.74, 6) is 0.195. The quantitative estimate of drug-likeness (QED) is 0.680. The summed E-state index contributed by atoms with van der Waals surface area (Å²) in [6.07, 6.45) is 0.899. The van der Waals surface area contributed by atoms with E-state index in [1.54, 1.807) is 17.9 Å². The molecule has 0 bridgehead atoms. The van der Waals surface area contributed by atoms with Gasteiger partial charge in [-0.2, -0.15) is 0 Å². The highest BCUT2D eigenvalue weighted by Gasteiger charge is 2.27. The van der Waals surface area contributed by atoms with Crippen LogP contribution in [0.25, 0.3) is 0 Å². The second kappa shape index (κ2) is 6.67. The van der Waals surface area contributed by atoms with Gasteiger partial charge in [-0.25, -0.2) is 0 Å². The minimum absolute atomic E-state index is 0. The Morgan fingerprint density at radius 1 is 1.55 bits per heavy atom. The van der Waals surface area contributed by atoms with Crippen molar-refractivity contribution in [1.82, 2.24) is 4.90 Å². The molecule has 1 aliphatic heterocycles. The van der Waals surface area contributed by atoms with Crippen molar-refractivity contribution in [3.05, 3.63) is 39.4 Å². The van der Waals surface area contributed by atoms with Crippen LogP contribution in [-0.4, -0.2) is 35.4 Å². The highest BCUT2D eigenvalue weighted by molar-refractivity contribution is 5.96. The van der Waals surface area contributed by atoms with E-state index in [4.69, 9.17) is 5.73 Å². The SMILES string of the molecule is Cc1ccc([N+](=O)[O-])cc1C(=O)N1CCC(CN)C1.Cl. The number of nitrogens with two attached hydrogens (primary N) is 1. The van der Waals surface area contributed by atoms with E-state index in [-0.39, 0.29) is 24.0 Å². The number of aryl methyl sites for hydroxylation is 1. The molecule has 1 saturated heterocycles. The average Bonchev–Trinajstić information content (AvgIpc) is 2.87. The third kappa shape index (κ3) is 3.26. The molecule has 7 heteroatoms. The number of rotatable bonds is 3. The summed E-state index contributed by atoms with van der Waals surface area (Å²) >= 11 is 0. The van der Waals surface area contributed by atoms with Gasteiger partial charge in [-0.3, -0.25) is 14.9 Å². The van der Waals surface area contributed by atoms with Crippen LogP contribution >= 0.6 is 12.4 Å². The summed E-state index contributed by atoms with van der Waals surface area (Å²) < 4.78 is 0. The van der Waals surface area contributed by atoms with E-state index in [0.717, 1.165) is 12.0 Å². The maximum Gasteiger partial charge on any atom is 0.270 e. The molecule has 1 atom stereocenters. The molecule has 110 valence electrons. The van der Waals surface area contributed by atoms with Crippen LogP contribution < -0.4 is 5.73 Å². The van der Waals surface area contributed by atoms with Gasteiger partial charge in [0.25, 0.3) is 11.6 Å². The first-order valence-corrected chi connectivity index (χ1v) is 6.27. The first kappa shape index (κ1) is 16.4. The molecule has 1 aromatic rings. The van der Waals surface area contributed by atoms with Crippen LogP contribution in [0.3, 0.4) is 0 Å². The number of carbonyl (C=O) groups excluding carboxylic acids is 1. The molecular formula is C13H18ClN3O3. The predicted octanol–water partition coefficient (Wildman–Crippen LogP) is 1.75. The zero-order valence-corrected chi connectivity index (χ0v) is 12.1. The first-order chi connectivity index (χ1) is 9.02. The smallest absolute Gasteiger partial charge is 0.270 e. The summed E-state index contributed by atoms with van der Waals surface area (Å²) in [6.45, 7) is 3.66. The van der Waals surface area contributed by atoms with Crippen molar-refractivity contribution in [2.24, 2.45) is 11.7 Å². The number of hydrogen-bond acceptors (Lipinski definition) is 4. The lowest BCUT2D eigenvalue weighted by molar-refractivity contribution is -0.384. The van der Waals surface area contributed by atoms with Crippen LogP contribution in [0.5, 0.6) is 0 Å². The van der Waals surface area contributed by atoms with Crippen LogP contribution in [0.1, 0.15) is 22.3 Å². The molecule has 2 N–H and O–H groups in total. The van der Waals surface area contributed by atoms with Gasteiger partial charge in [-0.05, 0) is 31.4 Å². The molecule has 1 aliphatic rings. The molecule has 2 rings (SSSR count). The van der Waals surface area contributed by atoms with Crippen LogP contribution in [0.15, 0.2) is 18.2 Å². The van der Waals surface area contributed by atoms with Gasteiger partial charge in [0.2, 0.25) is 0 Å². The summed E-state index contributed by atoms with van der Waals surface area (Å²) in [5.41, 5.74) is 6.71. The van der Waals surface area contributed by atoms with Crippen LogP contribution in [0, 0.1) is 23.0 Å². The molecule has 1 aromatic carbocycles. The second-order valence-electron chi connectivity index (χ2n) is 4.90. The molecule has 0 aliphatic carbocycles. The molecule has 0 aromatic heterocycles. The summed E-state index contributed by atoms with van der Waals surface area (Å²) in [7, 11) is 0. The van der Waals surface area contributed by atoms with Crippen LogP contribution in [-0.2, 0) is 0 Å². The molecule has 0 spiro atoms. The van der Waals surface area contributed by atoms with E-state index in [2.05, 4.69) is 0 Å². The van der Waals surface area contributed by atoms with Gasteiger partial charge in [0, 0.05) is 30.8 Å². The fourth-order valence-corrected chi connectivity index (χ4v) is 2.33. The number of carbonyl (C=O) groups is 1. The Labute approximate surface area is 123 Å². The Morgan fingerprint density at radius 3 is 2.80 bits per heavy atom. The number of nitrogens with zero attached hydrogens (tertiary/aromatic N) is 2. The highest BCUT2D eigenvalue weighted by atomic mass is 35.5. The fourth-order valence-electron chi connectivity index (χ4n) is 2.33. The molecular weight excluding hydrogens is 282 g/mol. The van der Waals surface area contributed by atoms with E-state index < -0.39 is 4.92 Å². The standard InChI is InChI=1S/C13H17N3O3.ClH/c1-9-2-3-11(16(18)19)6-12(9)13(17)15-5-4-10(7-14)8-15;/h2-3,6,10H,4-5,7-8,14H2,1H3;1H. The monoisotopic (exact) mass is 299 g/mol. The summed E-state index contributed by atoms with van der Waals surface area (Å²) in [6, 6.07) is 4.38. The average molecular weight is 300 g/mol. The topological polar surface area (TPSA) is 89.5 Å². The number of non-ortho nitro benzene ring substituents is 1. The van der Waals surface area contributed by atoms with Crippen LogP contribution in [0.2, 0.25) is 0 Å². The molecule has 1 fully saturated rings. The van der Waals surface area contributed by atoms with Crippen molar-refractivity contribution >= 4 is 24.0 Å². The minimum atomic E-state index is -0.483. The number of likely N-dealkylation sites (tertiary alicyclic amines) is 1. The maximum absolute atomic E-state index is 12.4. The number of nitro benzene ring substituents is 1. The third-order valence-corrected chi connectivity index (χ3v) is 3.57. The first-order valence-electron chi connectivity index (χ1n) is 6.27. The number of halogens is 1. The third-order valence-electron chi connectivity index (χ3n) is 3.57. The maximum atomic E-state index is 12.4. The fraction of sp³-hybridized carbons (Fsp3) is 0.462. The van der Waals surface area contributed by atoms with Crippen molar-refractivity contribution in [3.8, 4) is 0 Å². The predicted molar refractivity (Wildman–Crippen MR) is 78.1 cm³/mol. The molecule has 0 radical (unpaired) electrons. The molecule has 20 heavy (non-hydrogen) atoms. The molecule has 0 saturated carbocycles. The van der Waals surface area contributed by atoms with Crippen LogP contribution in [0.4, 0.5) is 5.69 Å². The Morgan fingerprint density at radius 2 is 2.25 bits per heavy atom. The van der Waals surface area contributed by atoms with Gasteiger partial charge in [0.15, 0.2) is 0 Å². The summed E-state index contributed by atoms with van der Waals surface area (Å²) in [4.78, 5) is 24.4. The lowest BCUT2D eigenvalue weighted by atomic mass is 10.1. The van der Waals surface area contributed by atoms with Crippen molar-refractivity contribution in [2.45, 2.75) is 13.3 Å². The van der Waals surface area contributed by atoms with E-state index in [0.29, 0.717) is 31.1 Å². The lowest BCUT2D eigenvalue weighted by Crippen LogP contribution is -2.30. The van der Waals surface area contributed by atoms with E-state index in [1.807, 2.05) is 0 Å². The van der Waals surface area contributed by atoms with Crippen molar-refractivity contribution in [3.63, 3.8) is 0 Å². The Balaban J connectivity index is 0.00000200. The summed E-state index contributed by atoms with van der Waals surface area (Å²) in [5, 5.41) is 10.8. The zero-order valence-electron chi connectivity index (χ0n) is 11.2. The largest absolute Gasteiger partial charge is 0.338 e. The van der Waals surface area contributed by atoms with Gasteiger partial charge in [-0.15, -0.1) is 12.4 Å². The molecule has 1 amide bonds. The Bertz CT molecular complexity index is 522. The normalized spacial score (nSPS) is 17.7. The number of nitro groups is 1. The minimum Gasteiger partial charge on any atom is -0.338 e. The Hall–Kier alpha value is -1.66. The molecule has 1 heterocycles. The molecule has 6 nitrogen and oxygen atoms in total. The number of amides is 1. The Kier molecular flexibility index (Phi) is 5.47. The highest BCUT2D eigenvalue weighted by Crippen LogP contribution is 2.22. The van der Waals surface area contributed by atoms with Gasteiger partial charge in [0.05, 0.1) is 4.92 Å². The van der Waals surface area contributed by atoms with E-state index >= 15 is 0 Å². The van der Waals surface area contributed by atoms with Gasteiger partial charge in [0.1, 0.15) is 0 Å². The van der Waals surface area contributed by atoms with Gasteiger partial charge >= 0.3 is 0 Å². The number of hydrogen-bond donors (Lipinski definition) is 1. The van der Waals surface area contributed by atoms with Crippen molar-refractivity contribution < 1.29 is 9.72 Å². The molecule has 1 unspecified atom stereocenters.